The molecule has 9 atom stereocenters. The average molecular weight is 697 g/mol. The van der Waals surface area contributed by atoms with E-state index in [1.807, 2.05) is 0 Å². The van der Waals surface area contributed by atoms with E-state index in [1.54, 1.807) is 24.3 Å². The number of hydrogen-bond acceptors (Lipinski definition) is 15. The van der Waals surface area contributed by atoms with Crippen molar-refractivity contribution in [1.29, 1.82) is 0 Å². The molecule has 3 aromatic carbocycles. The summed E-state index contributed by atoms with van der Waals surface area (Å²) in [5, 5.41) is 72.4. The standard InChI is InChI=1S/C35H36O15/c36-15-27-29(41)30(42)31(50-34-32(43)35(44,17-46-34)16-45-28(40)12-3-18-1-6-20(37)7-2-18)33(49-27)47-22-9-4-19(5-10-22)25-14-24(39)23-11-8-21(38)13-26(23)48-25/h1-13,25,27,29-34,36-38,41-44H,14-17H2/b12-3+/t25-,27+,29+,30-,31+,32-,33+,34-,35+/m0/s1. The Hall–Kier alpha value is -4.58. The van der Waals surface area contributed by atoms with E-state index in [0.29, 0.717) is 16.7 Å². The second-order valence-electron chi connectivity index (χ2n) is 12.2. The average Bonchev–Trinajstić information content (AvgIpc) is 3.39. The molecule has 50 heavy (non-hydrogen) atoms. The van der Waals surface area contributed by atoms with Crippen molar-refractivity contribution >= 4 is 17.8 Å². The first-order chi connectivity index (χ1) is 23.9. The van der Waals surface area contributed by atoms with Gasteiger partial charge >= 0.3 is 5.97 Å². The number of ketones is 1. The molecular weight excluding hydrogens is 660 g/mol. The fourth-order valence-electron chi connectivity index (χ4n) is 5.74. The molecule has 0 aliphatic carbocycles. The molecule has 6 rings (SSSR count). The number of hydrogen-bond donors (Lipinski definition) is 7. The number of aromatic hydroxyl groups is 2. The minimum absolute atomic E-state index is 0.0436. The van der Waals surface area contributed by atoms with Crippen molar-refractivity contribution in [2.24, 2.45) is 0 Å². The summed E-state index contributed by atoms with van der Waals surface area (Å²) in [5.74, 6) is -0.515. The number of aliphatic hydroxyl groups is 5. The molecule has 15 heteroatoms. The van der Waals surface area contributed by atoms with Crippen molar-refractivity contribution in [1.82, 2.24) is 0 Å². The lowest BCUT2D eigenvalue weighted by Crippen LogP contribution is -2.62. The van der Waals surface area contributed by atoms with E-state index in [2.05, 4.69) is 0 Å². The highest BCUT2D eigenvalue weighted by Gasteiger charge is 2.54. The predicted molar refractivity (Wildman–Crippen MR) is 169 cm³/mol. The van der Waals surface area contributed by atoms with Crippen molar-refractivity contribution < 1.29 is 73.8 Å². The van der Waals surface area contributed by atoms with Crippen molar-refractivity contribution in [2.75, 3.05) is 19.8 Å². The van der Waals surface area contributed by atoms with E-state index >= 15 is 0 Å². The number of rotatable bonds is 10. The van der Waals surface area contributed by atoms with Crippen LogP contribution in [-0.2, 0) is 23.7 Å². The number of carbonyl (C=O) groups excluding carboxylic acids is 2. The first-order valence-corrected chi connectivity index (χ1v) is 15.7. The van der Waals surface area contributed by atoms with Crippen LogP contribution < -0.4 is 9.47 Å². The maximum absolute atomic E-state index is 12.7. The summed E-state index contributed by atoms with van der Waals surface area (Å²) in [6.07, 6.45) is -9.03. The van der Waals surface area contributed by atoms with E-state index in [1.165, 1.54) is 48.5 Å². The van der Waals surface area contributed by atoms with Crippen LogP contribution in [0.3, 0.4) is 0 Å². The predicted octanol–water partition coefficient (Wildman–Crippen LogP) is 0.712. The van der Waals surface area contributed by atoms with Gasteiger partial charge in [0.25, 0.3) is 0 Å². The molecule has 0 radical (unpaired) electrons. The van der Waals surface area contributed by atoms with E-state index in [9.17, 15) is 45.3 Å². The van der Waals surface area contributed by atoms with Crippen LogP contribution in [0, 0.1) is 0 Å². The molecule has 0 amide bonds. The van der Waals surface area contributed by atoms with Crippen LogP contribution in [-0.4, -0.2) is 116 Å². The molecule has 7 N–H and O–H groups in total. The van der Waals surface area contributed by atoms with Crippen LogP contribution in [0.2, 0.25) is 0 Å². The molecule has 2 saturated heterocycles. The van der Waals surface area contributed by atoms with E-state index < -0.39 is 80.6 Å². The van der Waals surface area contributed by atoms with Crippen molar-refractivity contribution in [3.63, 3.8) is 0 Å². The number of aliphatic hydroxyl groups excluding tert-OH is 4. The summed E-state index contributed by atoms with van der Waals surface area (Å²) in [5.41, 5.74) is -0.508. The number of fused-ring (bicyclic) bond motifs is 1. The van der Waals surface area contributed by atoms with Crippen LogP contribution in [0.4, 0.5) is 0 Å². The van der Waals surface area contributed by atoms with Gasteiger partial charge in [0.1, 0.15) is 60.1 Å². The number of phenols is 2. The third-order valence-corrected chi connectivity index (χ3v) is 8.60. The third-order valence-electron chi connectivity index (χ3n) is 8.60. The fourth-order valence-corrected chi connectivity index (χ4v) is 5.74. The molecule has 3 aliphatic rings. The Morgan fingerprint density at radius 2 is 1.66 bits per heavy atom. The van der Waals surface area contributed by atoms with Crippen LogP contribution in [0.25, 0.3) is 6.08 Å². The summed E-state index contributed by atoms with van der Waals surface area (Å²) in [4.78, 5) is 24.9. The number of ether oxygens (including phenoxy) is 6. The summed E-state index contributed by atoms with van der Waals surface area (Å²) in [6.45, 7) is -1.88. The van der Waals surface area contributed by atoms with Crippen LogP contribution in [0.1, 0.15) is 34.0 Å². The van der Waals surface area contributed by atoms with Gasteiger partial charge in [-0.15, -0.1) is 0 Å². The Bertz CT molecular complexity index is 1690. The number of benzene rings is 3. The molecule has 3 aromatic rings. The third kappa shape index (κ3) is 7.60. The van der Waals surface area contributed by atoms with Gasteiger partial charge in [-0.1, -0.05) is 24.3 Å². The molecule has 3 heterocycles. The van der Waals surface area contributed by atoms with Gasteiger partial charge in [-0.2, -0.15) is 0 Å². The van der Waals surface area contributed by atoms with Gasteiger partial charge in [-0.3, -0.25) is 4.79 Å². The van der Waals surface area contributed by atoms with Crippen molar-refractivity contribution in [2.45, 2.75) is 61.2 Å². The molecular formula is C35H36O15. The van der Waals surface area contributed by atoms with E-state index in [0.717, 1.165) is 6.08 Å². The van der Waals surface area contributed by atoms with E-state index in [4.69, 9.17) is 28.4 Å². The molecule has 2 fully saturated rings. The lowest BCUT2D eigenvalue weighted by atomic mass is 9.96. The zero-order valence-corrected chi connectivity index (χ0v) is 26.3. The zero-order valence-electron chi connectivity index (χ0n) is 26.3. The number of phenolic OH excluding ortho intramolecular Hbond substituents is 2. The van der Waals surface area contributed by atoms with E-state index in [-0.39, 0.29) is 35.2 Å². The monoisotopic (exact) mass is 696 g/mol. The normalized spacial score (nSPS) is 30.9. The summed E-state index contributed by atoms with van der Waals surface area (Å²) in [7, 11) is 0. The SMILES string of the molecule is O=C(/C=C/c1ccc(O)cc1)OC[C@@]1(O)CO[C@@H](O[C@H]2[C@H](Oc3ccc([C@@H]4CC(=O)c5ccc(O)cc5O4)cc3)O[C@H](CO)[C@@H](O)[C@@H]2O)[C@@H]1O. The quantitative estimate of drug-likeness (QED) is 0.114. The van der Waals surface area contributed by atoms with Gasteiger partial charge in [0, 0.05) is 12.1 Å². The molecule has 0 spiro atoms. The fraction of sp³-hybridized carbons (Fsp3) is 0.371. The topological polar surface area (TPSA) is 231 Å². The summed E-state index contributed by atoms with van der Waals surface area (Å²) < 4.78 is 33.9. The van der Waals surface area contributed by atoms with Gasteiger partial charge in [-0.05, 0) is 53.6 Å². The highest BCUT2D eigenvalue weighted by atomic mass is 16.8. The Morgan fingerprint density at radius 1 is 0.940 bits per heavy atom. The minimum atomic E-state index is -2.10. The van der Waals surface area contributed by atoms with Gasteiger partial charge < -0.3 is 64.2 Å². The Morgan fingerprint density at radius 3 is 2.38 bits per heavy atom. The Balaban J connectivity index is 1.10. The zero-order chi connectivity index (χ0) is 35.6. The molecule has 0 bridgehead atoms. The Labute approximate surface area is 285 Å². The van der Waals surface area contributed by atoms with Crippen molar-refractivity contribution in [3.8, 4) is 23.0 Å². The molecule has 0 unspecified atom stereocenters. The number of carbonyl (C=O) groups is 2. The van der Waals surface area contributed by atoms with Gasteiger partial charge in [0.2, 0.25) is 6.29 Å². The Kier molecular flexibility index (Phi) is 10.4. The van der Waals surface area contributed by atoms with Crippen LogP contribution in [0.5, 0.6) is 23.0 Å². The molecule has 0 aromatic heterocycles. The highest BCUT2D eigenvalue weighted by molar-refractivity contribution is 6.00. The maximum Gasteiger partial charge on any atom is 0.330 e. The number of esters is 1. The smallest absolute Gasteiger partial charge is 0.330 e. The second-order valence-corrected chi connectivity index (χ2v) is 12.2. The lowest BCUT2D eigenvalue weighted by Gasteiger charge is -2.42. The lowest BCUT2D eigenvalue weighted by molar-refractivity contribution is -0.318. The molecule has 3 aliphatic heterocycles. The van der Waals surface area contributed by atoms with Gasteiger partial charge in [0.05, 0.1) is 25.2 Å². The highest BCUT2D eigenvalue weighted by Crippen LogP contribution is 2.38. The molecule has 15 nitrogen and oxygen atoms in total. The largest absolute Gasteiger partial charge is 0.508 e. The summed E-state index contributed by atoms with van der Waals surface area (Å²) >= 11 is 0. The minimum Gasteiger partial charge on any atom is -0.508 e. The van der Waals surface area contributed by atoms with Crippen molar-refractivity contribution in [3.05, 3.63) is 89.5 Å². The van der Waals surface area contributed by atoms with Crippen LogP contribution >= 0.6 is 0 Å². The maximum atomic E-state index is 12.7. The van der Waals surface area contributed by atoms with Gasteiger partial charge in [0.15, 0.2) is 23.8 Å². The molecule has 0 saturated carbocycles. The van der Waals surface area contributed by atoms with Gasteiger partial charge in [-0.25, -0.2) is 4.79 Å². The van der Waals surface area contributed by atoms with Crippen LogP contribution in [0.15, 0.2) is 72.8 Å². The summed E-state index contributed by atoms with van der Waals surface area (Å²) in [6, 6.07) is 16.6. The number of Topliss-reactive ketones (excluding diaryl/α,β-unsaturated/α-hetero) is 1. The first-order valence-electron chi connectivity index (χ1n) is 15.7. The first kappa shape index (κ1) is 35.3. The molecule has 266 valence electrons. The second kappa shape index (κ2) is 14.7.